The van der Waals surface area contributed by atoms with Crippen molar-refractivity contribution in [2.24, 2.45) is 0 Å². The molecule has 0 aliphatic carbocycles. The fraction of sp³-hybridized carbons (Fsp3) is 0.188. The Kier molecular flexibility index (Phi) is 9.20. The van der Waals surface area contributed by atoms with Gasteiger partial charge in [0.25, 0.3) is 0 Å². The Morgan fingerprint density at radius 2 is 1.55 bits per heavy atom. The molecule has 0 saturated carbocycles. The highest BCUT2D eigenvalue weighted by atomic mass is 32.2. The Bertz CT molecular complexity index is 1540. The van der Waals surface area contributed by atoms with Gasteiger partial charge in [0.1, 0.15) is 16.8 Å². The summed E-state index contributed by atoms with van der Waals surface area (Å²) in [5.74, 6) is 0.373. The average molecular weight is 551 g/mol. The third kappa shape index (κ3) is 6.87. The number of aromatic nitrogens is 1. The Labute approximate surface area is 238 Å². The zero-order valence-electron chi connectivity index (χ0n) is 22.8. The van der Waals surface area contributed by atoms with Crippen LogP contribution in [0.4, 0.5) is 11.4 Å². The van der Waals surface area contributed by atoms with E-state index in [-0.39, 0.29) is 11.8 Å². The second-order valence-corrected chi connectivity index (χ2v) is 10.4. The zero-order valence-corrected chi connectivity index (χ0v) is 23.6. The summed E-state index contributed by atoms with van der Waals surface area (Å²) in [6.07, 6.45) is 0.527. The number of methoxy groups -OCH3 is 1. The van der Waals surface area contributed by atoms with Gasteiger partial charge in [0, 0.05) is 29.4 Å². The molecule has 0 aliphatic rings. The fourth-order valence-electron chi connectivity index (χ4n) is 4.11. The molecule has 0 fully saturated rings. The first-order chi connectivity index (χ1) is 19.3. The Morgan fingerprint density at radius 1 is 0.950 bits per heavy atom. The molecule has 2 N–H and O–H groups in total. The van der Waals surface area contributed by atoms with Gasteiger partial charge in [0.2, 0.25) is 11.8 Å². The molecule has 1 heterocycles. The lowest BCUT2D eigenvalue weighted by Crippen LogP contribution is -2.25. The number of benzene rings is 3. The molecule has 202 valence electrons. The Hall–Kier alpha value is -4.61. The number of carbonyl (C=O) groups excluding carboxylic acids is 2. The molecular formula is C32H30N4O3S. The van der Waals surface area contributed by atoms with Crippen LogP contribution in [0, 0.1) is 18.3 Å². The van der Waals surface area contributed by atoms with Gasteiger partial charge >= 0.3 is 0 Å². The van der Waals surface area contributed by atoms with E-state index in [1.54, 1.807) is 31.4 Å². The predicted molar refractivity (Wildman–Crippen MR) is 160 cm³/mol. The standard InChI is InChI=1S/C32H30N4O3S/c1-5-30(31(38)35-25-14-12-24(13-15-25)34-21(3)37)40-32-28(19-33)27(22-8-6-20(2)7-9-22)18-29(36-32)23-10-16-26(39-4)17-11-23/h6-18,30H,5H2,1-4H3,(H,34,37)(H,35,38). The summed E-state index contributed by atoms with van der Waals surface area (Å²) in [7, 11) is 1.62. The lowest BCUT2D eigenvalue weighted by atomic mass is 9.98. The number of thioether (sulfide) groups is 1. The highest BCUT2D eigenvalue weighted by molar-refractivity contribution is 8.00. The van der Waals surface area contributed by atoms with Gasteiger partial charge in [-0.3, -0.25) is 9.59 Å². The van der Waals surface area contributed by atoms with Crippen LogP contribution >= 0.6 is 11.8 Å². The minimum atomic E-state index is -0.494. The molecule has 7 nitrogen and oxygen atoms in total. The van der Waals surface area contributed by atoms with E-state index in [0.29, 0.717) is 34.1 Å². The molecule has 0 radical (unpaired) electrons. The van der Waals surface area contributed by atoms with E-state index in [1.165, 1.54) is 18.7 Å². The van der Waals surface area contributed by atoms with Gasteiger partial charge in [-0.05, 0) is 73.5 Å². The lowest BCUT2D eigenvalue weighted by molar-refractivity contribution is -0.116. The van der Waals surface area contributed by atoms with Crippen molar-refractivity contribution in [3.05, 3.63) is 90.0 Å². The highest BCUT2D eigenvalue weighted by Gasteiger charge is 2.23. The molecule has 3 aromatic carbocycles. The third-order valence-electron chi connectivity index (χ3n) is 6.24. The number of rotatable bonds is 9. The van der Waals surface area contributed by atoms with E-state index in [2.05, 4.69) is 16.7 Å². The maximum atomic E-state index is 13.3. The van der Waals surface area contributed by atoms with Gasteiger partial charge in [-0.15, -0.1) is 0 Å². The number of amides is 2. The number of nitrogens with one attached hydrogen (secondary N) is 2. The van der Waals surface area contributed by atoms with Crippen molar-refractivity contribution < 1.29 is 14.3 Å². The fourth-order valence-corrected chi connectivity index (χ4v) is 5.13. The molecule has 8 heteroatoms. The van der Waals surface area contributed by atoms with Crippen molar-refractivity contribution >= 4 is 35.0 Å². The second kappa shape index (κ2) is 13.0. The number of carbonyl (C=O) groups is 2. The van der Waals surface area contributed by atoms with Crippen LogP contribution < -0.4 is 15.4 Å². The Balaban J connectivity index is 1.69. The van der Waals surface area contributed by atoms with Crippen LogP contribution in [0.2, 0.25) is 0 Å². The van der Waals surface area contributed by atoms with Gasteiger partial charge in [-0.25, -0.2) is 4.98 Å². The molecule has 0 spiro atoms. The number of nitrogens with zero attached hydrogens (tertiary/aromatic N) is 2. The molecule has 40 heavy (non-hydrogen) atoms. The molecule has 0 saturated heterocycles. The van der Waals surface area contributed by atoms with Gasteiger partial charge in [0.05, 0.1) is 23.6 Å². The quantitative estimate of drug-likeness (QED) is 0.216. The van der Waals surface area contributed by atoms with Crippen molar-refractivity contribution in [2.75, 3.05) is 17.7 Å². The summed E-state index contributed by atoms with van der Waals surface area (Å²) in [5, 5.41) is 15.9. The van der Waals surface area contributed by atoms with Crippen molar-refractivity contribution in [3.8, 4) is 34.2 Å². The van der Waals surface area contributed by atoms with Crippen LogP contribution in [0.15, 0.2) is 83.9 Å². The number of pyridine rings is 1. The molecule has 2 amide bonds. The van der Waals surface area contributed by atoms with Crippen LogP contribution in [-0.4, -0.2) is 29.2 Å². The minimum Gasteiger partial charge on any atom is -0.497 e. The van der Waals surface area contributed by atoms with Crippen molar-refractivity contribution in [3.63, 3.8) is 0 Å². The SMILES string of the molecule is CCC(Sc1nc(-c2ccc(OC)cc2)cc(-c2ccc(C)cc2)c1C#N)C(=O)Nc1ccc(NC(C)=O)cc1. The van der Waals surface area contributed by atoms with E-state index < -0.39 is 5.25 Å². The highest BCUT2D eigenvalue weighted by Crippen LogP contribution is 2.37. The number of aryl methyl sites for hydroxylation is 1. The van der Waals surface area contributed by atoms with Gasteiger partial charge in [-0.2, -0.15) is 5.26 Å². The number of hydrogen-bond acceptors (Lipinski definition) is 6. The van der Waals surface area contributed by atoms with Crippen LogP contribution in [0.1, 0.15) is 31.4 Å². The predicted octanol–water partition coefficient (Wildman–Crippen LogP) is 7.07. The maximum absolute atomic E-state index is 13.3. The van der Waals surface area contributed by atoms with Crippen LogP contribution in [0.3, 0.4) is 0 Å². The molecular weight excluding hydrogens is 520 g/mol. The van der Waals surface area contributed by atoms with E-state index in [1.807, 2.05) is 68.4 Å². The summed E-state index contributed by atoms with van der Waals surface area (Å²) in [5.41, 5.74) is 6.03. The summed E-state index contributed by atoms with van der Waals surface area (Å²) in [6, 6.07) is 26.8. The van der Waals surface area contributed by atoms with E-state index in [4.69, 9.17) is 9.72 Å². The molecule has 1 atom stereocenters. The van der Waals surface area contributed by atoms with E-state index >= 15 is 0 Å². The average Bonchev–Trinajstić information content (AvgIpc) is 2.96. The zero-order chi connectivity index (χ0) is 28.6. The van der Waals surface area contributed by atoms with Gasteiger partial charge < -0.3 is 15.4 Å². The smallest absolute Gasteiger partial charge is 0.237 e. The number of hydrogen-bond donors (Lipinski definition) is 2. The summed E-state index contributed by atoms with van der Waals surface area (Å²) < 4.78 is 5.30. The molecule has 0 bridgehead atoms. The van der Waals surface area contributed by atoms with Crippen molar-refractivity contribution in [1.82, 2.24) is 4.98 Å². The Morgan fingerprint density at radius 3 is 2.10 bits per heavy atom. The van der Waals surface area contributed by atoms with Crippen molar-refractivity contribution in [1.29, 1.82) is 5.26 Å². The second-order valence-electron chi connectivity index (χ2n) is 9.20. The lowest BCUT2D eigenvalue weighted by Gasteiger charge is -2.18. The van der Waals surface area contributed by atoms with Crippen molar-refractivity contribution in [2.45, 2.75) is 37.5 Å². The maximum Gasteiger partial charge on any atom is 0.237 e. The first-order valence-electron chi connectivity index (χ1n) is 12.8. The van der Waals surface area contributed by atoms with Crippen LogP contribution in [-0.2, 0) is 9.59 Å². The largest absolute Gasteiger partial charge is 0.497 e. The normalized spacial score (nSPS) is 11.3. The molecule has 4 aromatic rings. The topological polar surface area (TPSA) is 104 Å². The summed E-state index contributed by atoms with van der Waals surface area (Å²) in [4.78, 5) is 29.5. The van der Waals surface area contributed by atoms with Crippen LogP contribution in [0.25, 0.3) is 22.4 Å². The number of ether oxygens (including phenoxy) is 1. The third-order valence-corrected chi connectivity index (χ3v) is 7.59. The molecule has 4 rings (SSSR count). The van der Waals surface area contributed by atoms with E-state index in [9.17, 15) is 14.9 Å². The minimum absolute atomic E-state index is 0.165. The molecule has 0 aliphatic heterocycles. The number of nitriles is 1. The summed E-state index contributed by atoms with van der Waals surface area (Å²) in [6.45, 7) is 5.39. The first-order valence-corrected chi connectivity index (χ1v) is 13.7. The van der Waals surface area contributed by atoms with Crippen LogP contribution in [0.5, 0.6) is 5.75 Å². The summed E-state index contributed by atoms with van der Waals surface area (Å²) >= 11 is 1.28. The first kappa shape index (κ1) is 28.4. The van der Waals surface area contributed by atoms with Gasteiger partial charge in [0.15, 0.2) is 0 Å². The molecule has 1 aromatic heterocycles. The number of anilines is 2. The monoisotopic (exact) mass is 550 g/mol. The van der Waals surface area contributed by atoms with Gasteiger partial charge in [-0.1, -0.05) is 48.5 Å². The van der Waals surface area contributed by atoms with E-state index in [0.717, 1.165) is 28.0 Å². The molecule has 1 unspecified atom stereocenters.